The molecule has 0 unspecified atom stereocenters. The number of halogens is 1. The number of carbonyl (C=O) groups excluding carboxylic acids is 2. The minimum absolute atomic E-state index is 0.0164. The van der Waals surface area contributed by atoms with Crippen molar-refractivity contribution >= 4 is 40.4 Å². The Hall–Kier alpha value is -3.59. The Morgan fingerprint density at radius 3 is 2.81 bits per heavy atom. The average Bonchev–Trinajstić information content (AvgIpc) is 2.67. The van der Waals surface area contributed by atoms with E-state index in [2.05, 4.69) is 15.3 Å². The fourth-order valence-corrected chi connectivity index (χ4v) is 2.48. The maximum absolute atomic E-state index is 14.3. The van der Waals surface area contributed by atoms with Crippen molar-refractivity contribution in [2.24, 2.45) is 11.6 Å². The van der Waals surface area contributed by atoms with Crippen LogP contribution in [0.25, 0.3) is 10.9 Å². The van der Waals surface area contributed by atoms with Crippen molar-refractivity contribution in [2.75, 3.05) is 10.3 Å². The monoisotopic (exact) mass is 368 g/mol. The highest BCUT2D eigenvalue weighted by atomic mass is 19.1. The van der Waals surface area contributed by atoms with Gasteiger partial charge in [0.15, 0.2) is 11.6 Å². The van der Waals surface area contributed by atoms with Crippen LogP contribution in [-0.4, -0.2) is 28.2 Å². The molecule has 8 nitrogen and oxygen atoms in total. The Kier molecular flexibility index (Phi) is 4.95. The van der Waals surface area contributed by atoms with Crippen molar-refractivity contribution in [3.8, 4) is 0 Å². The summed E-state index contributed by atoms with van der Waals surface area (Å²) < 4.78 is 14.3. The van der Waals surface area contributed by atoms with Gasteiger partial charge >= 0.3 is 0 Å². The van der Waals surface area contributed by atoms with Crippen molar-refractivity contribution in [2.45, 2.75) is 13.0 Å². The smallest absolute Gasteiger partial charge is 0.252 e. The molecule has 0 aliphatic heterocycles. The van der Waals surface area contributed by atoms with E-state index in [1.807, 2.05) is 18.2 Å². The van der Waals surface area contributed by atoms with Gasteiger partial charge in [-0.25, -0.2) is 15.2 Å². The number of amides is 1. The van der Waals surface area contributed by atoms with Gasteiger partial charge in [-0.3, -0.25) is 14.8 Å². The van der Waals surface area contributed by atoms with Crippen LogP contribution in [0.1, 0.15) is 17.3 Å². The van der Waals surface area contributed by atoms with Crippen molar-refractivity contribution in [3.05, 3.63) is 54.0 Å². The van der Waals surface area contributed by atoms with Crippen LogP contribution in [0.2, 0.25) is 0 Å². The predicted octanol–water partition coefficient (Wildman–Crippen LogP) is 1.88. The third kappa shape index (κ3) is 3.67. The zero-order valence-electron chi connectivity index (χ0n) is 14.4. The normalized spacial score (nSPS) is 11.8. The van der Waals surface area contributed by atoms with E-state index >= 15 is 0 Å². The van der Waals surface area contributed by atoms with E-state index in [1.165, 1.54) is 6.92 Å². The molecule has 2 heterocycles. The molecule has 1 amide bonds. The number of primary amides is 1. The molecular weight excluding hydrogens is 351 g/mol. The van der Waals surface area contributed by atoms with E-state index in [1.54, 1.807) is 18.3 Å². The SMILES string of the molecule is C[C@H](C=O)N(N)c1nc(Nc2ccc3cccnc3c2)c(C(N)=O)cc1F. The fourth-order valence-electron chi connectivity index (χ4n) is 2.48. The molecule has 0 aliphatic rings. The van der Waals surface area contributed by atoms with Gasteiger partial charge in [-0.2, -0.15) is 0 Å². The molecule has 1 aromatic carbocycles. The first-order valence-corrected chi connectivity index (χ1v) is 8.02. The lowest BCUT2D eigenvalue weighted by Gasteiger charge is -2.22. The lowest BCUT2D eigenvalue weighted by molar-refractivity contribution is -0.108. The zero-order chi connectivity index (χ0) is 19.6. The zero-order valence-corrected chi connectivity index (χ0v) is 14.4. The van der Waals surface area contributed by atoms with E-state index in [9.17, 15) is 14.0 Å². The first-order chi connectivity index (χ1) is 12.9. The number of nitrogens with two attached hydrogens (primary N) is 2. The Morgan fingerprint density at radius 2 is 2.11 bits per heavy atom. The number of nitrogens with one attached hydrogen (secondary N) is 1. The van der Waals surface area contributed by atoms with E-state index < -0.39 is 17.8 Å². The highest BCUT2D eigenvalue weighted by Gasteiger charge is 2.21. The van der Waals surface area contributed by atoms with E-state index in [0.29, 0.717) is 12.0 Å². The van der Waals surface area contributed by atoms with Gasteiger partial charge in [0.2, 0.25) is 0 Å². The van der Waals surface area contributed by atoms with Gasteiger partial charge in [-0.1, -0.05) is 12.1 Å². The van der Waals surface area contributed by atoms with Crippen LogP contribution >= 0.6 is 0 Å². The minimum atomic E-state index is -0.870. The number of pyridine rings is 2. The van der Waals surface area contributed by atoms with Crippen LogP contribution in [0.5, 0.6) is 0 Å². The van der Waals surface area contributed by atoms with Gasteiger partial charge in [0.1, 0.15) is 12.1 Å². The average molecular weight is 368 g/mol. The van der Waals surface area contributed by atoms with Crippen LogP contribution in [0, 0.1) is 5.82 Å². The molecule has 3 rings (SSSR count). The van der Waals surface area contributed by atoms with Crippen LogP contribution in [0.4, 0.5) is 21.7 Å². The molecular formula is C18H17FN6O2. The summed E-state index contributed by atoms with van der Waals surface area (Å²) in [5, 5.41) is 4.74. The summed E-state index contributed by atoms with van der Waals surface area (Å²) in [6.07, 6.45) is 2.20. The van der Waals surface area contributed by atoms with Crippen molar-refractivity contribution in [1.82, 2.24) is 9.97 Å². The second-order valence-corrected chi connectivity index (χ2v) is 5.87. The first kappa shape index (κ1) is 18.2. The number of aromatic nitrogens is 2. The van der Waals surface area contributed by atoms with E-state index in [-0.39, 0.29) is 17.2 Å². The van der Waals surface area contributed by atoms with Crippen molar-refractivity contribution < 1.29 is 14.0 Å². The topological polar surface area (TPSA) is 127 Å². The van der Waals surface area contributed by atoms with Crippen molar-refractivity contribution in [1.29, 1.82) is 0 Å². The molecule has 0 saturated heterocycles. The standard InChI is InChI=1S/C18H17FN6O2/c1-10(9-26)25(21)18-14(19)8-13(16(20)27)17(24-18)23-12-5-4-11-3-2-6-22-15(11)7-12/h2-10H,21H2,1H3,(H2,20,27)(H,23,24)/t10-/m1/s1. The molecule has 27 heavy (non-hydrogen) atoms. The summed E-state index contributed by atoms with van der Waals surface area (Å²) in [4.78, 5) is 31.0. The van der Waals surface area contributed by atoms with Crippen LogP contribution in [0.15, 0.2) is 42.6 Å². The molecule has 138 valence electrons. The molecule has 5 N–H and O–H groups in total. The number of hydrogen-bond donors (Lipinski definition) is 3. The van der Waals surface area contributed by atoms with Gasteiger partial charge in [0.05, 0.1) is 17.1 Å². The highest BCUT2D eigenvalue weighted by Crippen LogP contribution is 2.26. The molecule has 9 heteroatoms. The van der Waals surface area contributed by atoms with Crippen molar-refractivity contribution in [3.63, 3.8) is 0 Å². The van der Waals surface area contributed by atoms with Gasteiger partial charge in [-0.15, -0.1) is 0 Å². The number of anilines is 3. The molecule has 0 radical (unpaired) electrons. The third-order valence-electron chi connectivity index (χ3n) is 3.97. The molecule has 0 saturated carbocycles. The number of carbonyl (C=O) groups is 2. The summed E-state index contributed by atoms with van der Waals surface area (Å²) in [6.45, 7) is 1.48. The summed E-state index contributed by atoms with van der Waals surface area (Å²) >= 11 is 0. The van der Waals surface area contributed by atoms with E-state index in [4.69, 9.17) is 11.6 Å². The van der Waals surface area contributed by atoms with Gasteiger partial charge in [0, 0.05) is 17.3 Å². The van der Waals surface area contributed by atoms with Crippen LogP contribution < -0.4 is 21.9 Å². The van der Waals surface area contributed by atoms with Crippen LogP contribution in [-0.2, 0) is 4.79 Å². The Balaban J connectivity index is 2.05. The Bertz CT molecular complexity index is 1030. The predicted molar refractivity (Wildman–Crippen MR) is 99.9 cm³/mol. The lowest BCUT2D eigenvalue weighted by atomic mass is 10.2. The van der Waals surface area contributed by atoms with Gasteiger partial charge < -0.3 is 15.8 Å². The summed E-state index contributed by atoms with van der Waals surface area (Å²) in [5.74, 6) is 3.75. The lowest BCUT2D eigenvalue weighted by Crippen LogP contribution is -2.41. The summed E-state index contributed by atoms with van der Waals surface area (Å²) in [7, 11) is 0. The van der Waals surface area contributed by atoms with Crippen LogP contribution in [0.3, 0.4) is 0 Å². The Morgan fingerprint density at radius 1 is 1.33 bits per heavy atom. The molecule has 0 bridgehead atoms. The fraction of sp³-hybridized carbons (Fsp3) is 0.111. The number of rotatable bonds is 6. The number of benzene rings is 1. The maximum Gasteiger partial charge on any atom is 0.252 e. The number of fused-ring (bicyclic) bond motifs is 1. The second-order valence-electron chi connectivity index (χ2n) is 5.87. The van der Waals surface area contributed by atoms with Gasteiger partial charge in [0.25, 0.3) is 5.91 Å². The van der Waals surface area contributed by atoms with E-state index in [0.717, 1.165) is 22.0 Å². The number of hydrazine groups is 1. The van der Waals surface area contributed by atoms with Gasteiger partial charge in [-0.05, 0) is 31.2 Å². The third-order valence-corrected chi connectivity index (χ3v) is 3.97. The number of aldehydes is 1. The molecule has 2 aromatic heterocycles. The quantitative estimate of drug-likeness (QED) is 0.344. The molecule has 0 spiro atoms. The molecule has 3 aromatic rings. The second kappa shape index (κ2) is 7.34. The number of hydrogen-bond acceptors (Lipinski definition) is 7. The minimum Gasteiger partial charge on any atom is -0.365 e. The molecule has 0 fully saturated rings. The largest absolute Gasteiger partial charge is 0.365 e. The maximum atomic E-state index is 14.3. The summed E-state index contributed by atoms with van der Waals surface area (Å²) in [6, 6.07) is 9.18. The number of nitrogens with zero attached hydrogens (tertiary/aromatic N) is 3. The molecule has 1 atom stereocenters. The molecule has 0 aliphatic carbocycles. The summed E-state index contributed by atoms with van der Waals surface area (Å²) in [5.41, 5.74) is 6.49. The first-order valence-electron chi connectivity index (χ1n) is 8.02. The highest BCUT2D eigenvalue weighted by molar-refractivity contribution is 5.99. The Labute approximate surface area is 154 Å².